The Morgan fingerprint density at radius 3 is 2.85 bits per heavy atom. The van der Waals surface area contributed by atoms with Gasteiger partial charge in [-0.3, -0.25) is 0 Å². The van der Waals surface area contributed by atoms with Gasteiger partial charge in [0.2, 0.25) is 0 Å². The molecule has 1 heterocycles. The number of anilines is 2. The Bertz CT molecular complexity index is 692. The predicted octanol–water partition coefficient (Wildman–Crippen LogP) is 2.40. The number of carboxylic acids is 1. The van der Waals surface area contributed by atoms with Crippen LogP contribution in [0.25, 0.3) is 0 Å². The molecular formula is C14H11N3O3. The first-order valence-electron chi connectivity index (χ1n) is 5.68. The first-order valence-corrected chi connectivity index (χ1v) is 5.68. The number of carbonyl (C=O) groups is 1. The number of rotatable bonds is 4. The van der Waals surface area contributed by atoms with Gasteiger partial charge in [0, 0.05) is 12.3 Å². The number of aromatic nitrogens is 1. The van der Waals surface area contributed by atoms with E-state index in [1.54, 1.807) is 18.2 Å². The zero-order valence-corrected chi connectivity index (χ0v) is 10.6. The number of hydrogen-bond donors (Lipinski definition) is 2. The number of ether oxygens (including phenoxy) is 1. The molecule has 1 aromatic carbocycles. The molecule has 0 unspecified atom stereocenters. The minimum Gasteiger partial charge on any atom is -0.495 e. The number of aromatic carboxylic acids is 1. The molecule has 0 saturated carbocycles. The second kappa shape index (κ2) is 5.71. The van der Waals surface area contributed by atoms with Crippen molar-refractivity contribution in [3.05, 3.63) is 47.7 Å². The summed E-state index contributed by atoms with van der Waals surface area (Å²) in [6.07, 6.45) is 1.40. The quantitative estimate of drug-likeness (QED) is 0.884. The van der Waals surface area contributed by atoms with Crippen molar-refractivity contribution in [1.29, 1.82) is 5.26 Å². The van der Waals surface area contributed by atoms with E-state index in [1.165, 1.54) is 25.4 Å². The lowest BCUT2D eigenvalue weighted by Gasteiger charge is -2.11. The van der Waals surface area contributed by atoms with Crippen LogP contribution in [0, 0.1) is 11.3 Å². The van der Waals surface area contributed by atoms with Gasteiger partial charge in [-0.2, -0.15) is 5.26 Å². The van der Waals surface area contributed by atoms with Gasteiger partial charge >= 0.3 is 5.97 Å². The highest BCUT2D eigenvalue weighted by Crippen LogP contribution is 2.28. The van der Waals surface area contributed by atoms with E-state index in [-0.39, 0.29) is 5.56 Å². The van der Waals surface area contributed by atoms with Gasteiger partial charge < -0.3 is 15.2 Å². The number of benzene rings is 1. The highest BCUT2D eigenvalue weighted by Gasteiger charge is 2.08. The maximum atomic E-state index is 10.9. The Balaban J connectivity index is 2.32. The summed E-state index contributed by atoms with van der Waals surface area (Å²) in [6.45, 7) is 0. The van der Waals surface area contributed by atoms with Crippen LogP contribution in [0.2, 0.25) is 0 Å². The third-order valence-electron chi connectivity index (χ3n) is 2.60. The maximum absolute atomic E-state index is 10.9. The SMILES string of the molecule is COc1cc(C#N)ccc1Nc1cc(C(=O)O)ccn1. The zero-order valence-electron chi connectivity index (χ0n) is 10.6. The Labute approximate surface area is 115 Å². The first kappa shape index (κ1) is 13.4. The summed E-state index contributed by atoms with van der Waals surface area (Å²) >= 11 is 0. The zero-order chi connectivity index (χ0) is 14.5. The molecule has 0 spiro atoms. The third kappa shape index (κ3) is 2.84. The average Bonchev–Trinajstić information content (AvgIpc) is 2.48. The van der Waals surface area contributed by atoms with Crippen LogP contribution in [0.4, 0.5) is 11.5 Å². The highest BCUT2D eigenvalue weighted by atomic mass is 16.5. The second-order valence-electron chi connectivity index (χ2n) is 3.89. The van der Waals surface area contributed by atoms with Crippen LogP contribution in [0.5, 0.6) is 5.75 Å². The van der Waals surface area contributed by atoms with Crippen molar-refractivity contribution < 1.29 is 14.6 Å². The number of hydrogen-bond acceptors (Lipinski definition) is 5. The Morgan fingerprint density at radius 2 is 2.20 bits per heavy atom. The molecule has 0 atom stereocenters. The average molecular weight is 269 g/mol. The van der Waals surface area contributed by atoms with Crippen molar-refractivity contribution in [3.8, 4) is 11.8 Å². The Kier molecular flexibility index (Phi) is 3.82. The van der Waals surface area contributed by atoms with Crippen LogP contribution in [0.1, 0.15) is 15.9 Å². The molecule has 6 nitrogen and oxygen atoms in total. The molecule has 100 valence electrons. The molecule has 0 amide bonds. The fourth-order valence-corrected chi connectivity index (χ4v) is 1.63. The molecule has 0 aliphatic heterocycles. The monoisotopic (exact) mass is 269 g/mol. The lowest BCUT2D eigenvalue weighted by atomic mass is 10.2. The fourth-order valence-electron chi connectivity index (χ4n) is 1.63. The maximum Gasteiger partial charge on any atom is 0.335 e. The van der Waals surface area contributed by atoms with E-state index in [0.717, 1.165) is 0 Å². The minimum atomic E-state index is -1.03. The molecule has 1 aromatic heterocycles. The van der Waals surface area contributed by atoms with Gasteiger partial charge in [0.1, 0.15) is 11.6 Å². The number of carboxylic acid groups (broad SMARTS) is 1. The molecule has 0 bridgehead atoms. The molecule has 20 heavy (non-hydrogen) atoms. The predicted molar refractivity (Wildman–Crippen MR) is 72.2 cm³/mol. The van der Waals surface area contributed by atoms with Crippen LogP contribution < -0.4 is 10.1 Å². The molecule has 0 saturated heterocycles. The van der Waals surface area contributed by atoms with Gasteiger partial charge in [-0.15, -0.1) is 0 Å². The standard InChI is InChI=1S/C14H11N3O3/c1-20-12-6-9(8-15)2-3-11(12)17-13-7-10(14(18)19)4-5-16-13/h2-7H,1H3,(H,16,17)(H,18,19). The molecular weight excluding hydrogens is 258 g/mol. The van der Waals surface area contributed by atoms with Crippen molar-refractivity contribution in [2.45, 2.75) is 0 Å². The molecule has 2 N–H and O–H groups in total. The summed E-state index contributed by atoms with van der Waals surface area (Å²) < 4.78 is 5.18. The van der Waals surface area contributed by atoms with E-state index in [0.29, 0.717) is 22.8 Å². The summed E-state index contributed by atoms with van der Waals surface area (Å²) in [6, 6.07) is 9.73. The normalized spacial score (nSPS) is 9.60. The third-order valence-corrected chi connectivity index (χ3v) is 2.60. The molecule has 0 fully saturated rings. The summed E-state index contributed by atoms with van der Waals surface area (Å²) in [5, 5.41) is 20.7. The topological polar surface area (TPSA) is 95.2 Å². The summed E-state index contributed by atoms with van der Waals surface area (Å²) in [5.41, 5.74) is 1.20. The van der Waals surface area contributed by atoms with E-state index >= 15 is 0 Å². The first-order chi connectivity index (χ1) is 9.63. The largest absolute Gasteiger partial charge is 0.495 e. The molecule has 2 rings (SSSR count). The van der Waals surface area contributed by atoms with Crippen molar-refractivity contribution in [3.63, 3.8) is 0 Å². The van der Waals surface area contributed by atoms with Crippen molar-refractivity contribution in [1.82, 2.24) is 4.98 Å². The number of methoxy groups -OCH3 is 1. The van der Waals surface area contributed by atoms with Crippen molar-refractivity contribution >= 4 is 17.5 Å². The smallest absolute Gasteiger partial charge is 0.335 e. The minimum absolute atomic E-state index is 0.134. The van der Waals surface area contributed by atoms with E-state index in [2.05, 4.69) is 10.3 Å². The lowest BCUT2D eigenvalue weighted by molar-refractivity contribution is 0.0697. The van der Waals surface area contributed by atoms with Gasteiger partial charge in [0.15, 0.2) is 0 Å². The summed E-state index contributed by atoms with van der Waals surface area (Å²) in [7, 11) is 1.49. The highest BCUT2D eigenvalue weighted by molar-refractivity contribution is 5.88. The van der Waals surface area contributed by atoms with Gasteiger partial charge in [-0.05, 0) is 24.3 Å². The van der Waals surface area contributed by atoms with Gasteiger partial charge in [-0.25, -0.2) is 9.78 Å². The molecule has 0 aliphatic rings. The molecule has 0 radical (unpaired) electrons. The van der Waals surface area contributed by atoms with Gasteiger partial charge in [-0.1, -0.05) is 0 Å². The van der Waals surface area contributed by atoms with E-state index in [9.17, 15) is 4.79 Å². The van der Waals surface area contributed by atoms with Crippen LogP contribution >= 0.6 is 0 Å². The van der Waals surface area contributed by atoms with Crippen LogP contribution in [-0.4, -0.2) is 23.2 Å². The van der Waals surface area contributed by atoms with E-state index in [4.69, 9.17) is 15.1 Å². The number of pyridine rings is 1. The lowest BCUT2D eigenvalue weighted by Crippen LogP contribution is -2.01. The van der Waals surface area contributed by atoms with Crippen LogP contribution in [-0.2, 0) is 0 Å². The summed E-state index contributed by atoms with van der Waals surface area (Å²) in [5.74, 6) is -0.165. The summed E-state index contributed by atoms with van der Waals surface area (Å²) in [4.78, 5) is 14.9. The van der Waals surface area contributed by atoms with Crippen molar-refractivity contribution in [2.24, 2.45) is 0 Å². The van der Waals surface area contributed by atoms with Gasteiger partial charge in [0.05, 0.1) is 30.0 Å². The van der Waals surface area contributed by atoms with Gasteiger partial charge in [0.25, 0.3) is 0 Å². The Hall–Kier alpha value is -3.07. The Morgan fingerprint density at radius 1 is 1.40 bits per heavy atom. The molecule has 2 aromatic rings. The van der Waals surface area contributed by atoms with Crippen molar-refractivity contribution in [2.75, 3.05) is 12.4 Å². The van der Waals surface area contributed by atoms with Crippen LogP contribution in [0.15, 0.2) is 36.5 Å². The molecule has 0 aliphatic carbocycles. The van der Waals surface area contributed by atoms with E-state index < -0.39 is 5.97 Å². The number of nitrogens with zero attached hydrogens (tertiary/aromatic N) is 2. The number of nitrogens with one attached hydrogen (secondary N) is 1. The van der Waals surface area contributed by atoms with Crippen LogP contribution in [0.3, 0.4) is 0 Å². The second-order valence-corrected chi connectivity index (χ2v) is 3.89. The number of nitriles is 1. The van der Waals surface area contributed by atoms with E-state index in [1.807, 2.05) is 6.07 Å². The molecule has 6 heteroatoms. The fraction of sp³-hybridized carbons (Fsp3) is 0.0714.